The Morgan fingerprint density at radius 3 is 2.26 bits per heavy atom. The summed E-state index contributed by atoms with van der Waals surface area (Å²) in [4.78, 5) is 19.7. The first-order valence-electron chi connectivity index (χ1n) is 7.97. The van der Waals surface area contributed by atoms with Gasteiger partial charge in [-0.1, -0.05) is 23.2 Å². The van der Waals surface area contributed by atoms with Gasteiger partial charge in [-0.2, -0.15) is 0 Å². The molecule has 0 N–H and O–H groups in total. The molecule has 1 aromatic heterocycles. The Kier molecular flexibility index (Phi) is 5.07. The average molecular weight is 415 g/mol. The average Bonchev–Trinajstić information content (AvgIpc) is 3.27. The van der Waals surface area contributed by atoms with Crippen LogP contribution in [-0.2, 0) is 4.79 Å². The fourth-order valence-electron chi connectivity index (χ4n) is 2.50. The van der Waals surface area contributed by atoms with Crippen LogP contribution in [0.3, 0.4) is 0 Å². The number of hydrogen-bond donors (Lipinski definition) is 0. The minimum Gasteiger partial charge on any atom is -0.465 e. The van der Waals surface area contributed by atoms with Crippen LogP contribution < -0.4 is 4.90 Å². The zero-order valence-corrected chi connectivity index (χ0v) is 16.1. The number of benzene rings is 2. The Bertz CT molecular complexity index is 1030. The molecule has 4 nitrogen and oxygen atoms in total. The number of anilines is 1. The molecule has 2 aromatic carbocycles. The minimum atomic E-state index is -0.175. The van der Waals surface area contributed by atoms with Crippen LogP contribution in [0.5, 0.6) is 0 Å². The molecule has 0 unspecified atom stereocenters. The molecule has 1 amide bonds. The molecule has 4 rings (SSSR count). The van der Waals surface area contributed by atoms with Crippen molar-refractivity contribution >= 4 is 63.5 Å². The Hall–Kier alpha value is -2.47. The molecule has 0 radical (unpaired) electrons. The number of amidine groups is 1. The predicted octanol–water partition coefficient (Wildman–Crippen LogP) is 6.40. The summed E-state index contributed by atoms with van der Waals surface area (Å²) in [5, 5.41) is 1.77. The van der Waals surface area contributed by atoms with E-state index in [0.29, 0.717) is 37.3 Å². The first-order valence-corrected chi connectivity index (χ1v) is 9.55. The van der Waals surface area contributed by atoms with Gasteiger partial charge in [0, 0.05) is 16.1 Å². The maximum absolute atomic E-state index is 13.0. The molecule has 2 heterocycles. The predicted molar refractivity (Wildman–Crippen MR) is 112 cm³/mol. The van der Waals surface area contributed by atoms with Gasteiger partial charge in [-0.3, -0.25) is 9.69 Å². The quantitative estimate of drug-likeness (QED) is 0.466. The van der Waals surface area contributed by atoms with E-state index in [4.69, 9.17) is 27.6 Å². The van der Waals surface area contributed by atoms with Gasteiger partial charge in [0.15, 0.2) is 5.17 Å². The summed E-state index contributed by atoms with van der Waals surface area (Å²) in [6, 6.07) is 17.7. The van der Waals surface area contributed by atoms with Crippen molar-refractivity contribution < 1.29 is 9.21 Å². The molecule has 1 fully saturated rings. The maximum atomic E-state index is 13.0. The van der Waals surface area contributed by atoms with Gasteiger partial charge in [0.25, 0.3) is 5.91 Å². The van der Waals surface area contributed by atoms with Crippen LogP contribution >= 0.6 is 35.0 Å². The number of rotatable bonds is 3. The van der Waals surface area contributed by atoms with Crippen molar-refractivity contribution in [2.45, 2.75) is 0 Å². The molecule has 7 heteroatoms. The number of carbonyl (C=O) groups is 1. The highest BCUT2D eigenvalue weighted by Gasteiger charge is 2.35. The molecular formula is C20H12Cl2N2O2S. The third-order valence-electron chi connectivity index (χ3n) is 3.76. The Balaban J connectivity index is 1.77. The van der Waals surface area contributed by atoms with Crippen molar-refractivity contribution in [1.82, 2.24) is 0 Å². The SMILES string of the molecule is O=C1C(=Cc2ccco2)SC(=Nc2ccc(Cl)cc2)N1c1ccc(Cl)cc1. The largest absolute Gasteiger partial charge is 0.465 e. The molecule has 134 valence electrons. The number of hydrogen-bond acceptors (Lipinski definition) is 4. The van der Waals surface area contributed by atoms with Crippen LogP contribution in [-0.4, -0.2) is 11.1 Å². The second-order valence-corrected chi connectivity index (χ2v) is 7.50. The van der Waals surface area contributed by atoms with Gasteiger partial charge in [0.05, 0.1) is 22.5 Å². The lowest BCUT2D eigenvalue weighted by atomic mass is 10.3. The van der Waals surface area contributed by atoms with Crippen LogP contribution in [0.1, 0.15) is 5.76 Å². The Labute approximate surface area is 170 Å². The molecule has 0 spiro atoms. The van der Waals surface area contributed by atoms with Crippen molar-refractivity contribution in [3.8, 4) is 0 Å². The number of carbonyl (C=O) groups excluding carboxylic acids is 1. The molecule has 1 saturated heterocycles. The Morgan fingerprint density at radius 2 is 1.63 bits per heavy atom. The van der Waals surface area contributed by atoms with Crippen LogP contribution in [0.4, 0.5) is 11.4 Å². The molecule has 0 saturated carbocycles. The molecule has 1 aliphatic rings. The van der Waals surface area contributed by atoms with E-state index in [9.17, 15) is 4.79 Å². The van der Waals surface area contributed by atoms with Gasteiger partial charge in [-0.05, 0) is 72.4 Å². The molecule has 0 atom stereocenters. The second kappa shape index (κ2) is 7.64. The van der Waals surface area contributed by atoms with E-state index in [2.05, 4.69) is 4.99 Å². The van der Waals surface area contributed by atoms with E-state index in [1.807, 2.05) is 0 Å². The van der Waals surface area contributed by atoms with E-state index < -0.39 is 0 Å². The lowest BCUT2D eigenvalue weighted by molar-refractivity contribution is -0.113. The first-order chi connectivity index (χ1) is 13.1. The zero-order chi connectivity index (χ0) is 18.8. The third kappa shape index (κ3) is 3.95. The number of nitrogens with zero attached hydrogens (tertiary/aromatic N) is 2. The lowest BCUT2D eigenvalue weighted by Gasteiger charge is -2.15. The van der Waals surface area contributed by atoms with E-state index in [1.54, 1.807) is 77.9 Å². The van der Waals surface area contributed by atoms with Gasteiger partial charge < -0.3 is 4.42 Å². The molecule has 3 aromatic rings. The van der Waals surface area contributed by atoms with E-state index in [-0.39, 0.29) is 5.91 Å². The highest BCUT2D eigenvalue weighted by Crippen LogP contribution is 2.37. The Morgan fingerprint density at radius 1 is 0.963 bits per heavy atom. The maximum Gasteiger partial charge on any atom is 0.271 e. The summed E-state index contributed by atoms with van der Waals surface area (Å²) in [7, 11) is 0. The smallest absolute Gasteiger partial charge is 0.271 e. The highest BCUT2D eigenvalue weighted by atomic mass is 35.5. The van der Waals surface area contributed by atoms with Crippen molar-refractivity contribution in [1.29, 1.82) is 0 Å². The molecule has 0 bridgehead atoms. The van der Waals surface area contributed by atoms with Gasteiger partial charge in [-0.15, -0.1) is 0 Å². The summed E-state index contributed by atoms with van der Waals surface area (Å²) < 4.78 is 5.33. The van der Waals surface area contributed by atoms with Crippen LogP contribution in [0, 0.1) is 0 Å². The summed E-state index contributed by atoms with van der Waals surface area (Å²) in [5.41, 5.74) is 1.39. The number of thioether (sulfide) groups is 1. The van der Waals surface area contributed by atoms with Crippen molar-refractivity contribution in [2.24, 2.45) is 4.99 Å². The normalized spacial score (nSPS) is 17.3. The first kappa shape index (κ1) is 17.9. The zero-order valence-electron chi connectivity index (χ0n) is 13.8. The number of amides is 1. The summed E-state index contributed by atoms with van der Waals surface area (Å²) >= 11 is 13.2. The van der Waals surface area contributed by atoms with Gasteiger partial charge >= 0.3 is 0 Å². The highest BCUT2D eigenvalue weighted by molar-refractivity contribution is 8.19. The molecule has 1 aliphatic heterocycles. The number of aliphatic imine (C=N–C) groups is 1. The fourth-order valence-corrected chi connectivity index (χ4v) is 3.73. The fraction of sp³-hybridized carbons (Fsp3) is 0. The van der Waals surface area contributed by atoms with Gasteiger partial charge in [0.2, 0.25) is 0 Å². The number of furan rings is 1. The van der Waals surface area contributed by atoms with Gasteiger partial charge in [-0.25, -0.2) is 4.99 Å². The standard InChI is InChI=1S/C20H12Cl2N2O2S/c21-13-3-7-15(8-4-13)23-20-24(16-9-5-14(22)6-10-16)19(25)18(27-20)12-17-2-1-11-26-17/h1-12H. The molecular weight excluding hydrogens is 403 g/mol. The van der Waals surface area contributed by atoms with E-state index >= 15 is 0 Å². The topological polar surface area (TPSA) is 45.8 Å². The summed E-state index contributed by atoms with van der Waals surface area (Å²) in [5.74, 6) is 0.432. The lowest BCUT2D eigenvalue weighted by Crippen LogP contribution is -2.28. The van der Waals surface area contributed by atoms with Gasteiger partial charge in [0.1, 0.15) is 5.76 Å². The monoisotopic (exact) mass is 414 g/mol. The third-order valence-corrected chi connectivity index (χ3v) is 5.23. The minimum absolute atomic E-state index is 0.175. The molecule has 0 aliphatic carbocycles. The van der Waals surface area contributed by atoms with Crippen LogP contribution in [0.25, 0.3) is 6.08 Å². The summed E-state index contributed by atoms with van der Waals surface area (Å²) in [6.07, 6.45) is 3.27. The van der Waals surface area contributed by atoms with E-state index in [1.165, 1.54) is 11.8 Å². The second-order valence-electron chi connectivity index (χ2n) is 5.61. The number of halogens is 2. The van der Waals surface area contributed by atoms with Crippen LogP contribution in [0.15, 0.2) is 81.2 Å². The van der Waals surface area contributed by atoms with Crippen LogP contribution in [0.2, 0.25) is 10.0 Å². The van der Waals surface area contributed by atoms with Crippen molar-refractivity contribution in [3.63, 3.8) is 0 Å². The van der Waals surface area contributed by atoms with Crippen molar-refractivity contribution in [3.05, 3.63) is 87.6 Å². The van der Waals surface area contributed by atoms with Crippen molar-refractivity contribution in [2.75, 3.05) is 4.90 Å². The molecule has 27 heavy (non-hydrogen) atoms. The van der Waals surface area contributed by atoms with E-state index in [0.717, 1.165) is 0 Å². The summed E-state index contributed by atoms with van der Waals surface area (Å²) in [6.45, 7) is 0.